The van der Waals surface area contributed by atoms with Crippen molar-refractivity contribution in [2.45, 2.75) is 18.7 Å². The van der Waals surface area contributed by atoms with Crippen molar-refractivity contribution in [2.24, 2.45) is 5.41 Å². The van der Waals surface area contributed by atoms with E-state index in [0.717, 1.165) is 13.1 Å². The number of amides is 1. The van der Waals surface area contributed by atoms with E-state index in [-0.39, 0.29) is 17.4 Å². The van der Waals surface area contributed by atoms with Crippen molar-refractivity contribution in [3.05, 3.63) is 0 Å². The lowest BCUT2D eigenvalue weighted by molar-refractivity contribution is -0.192. The van der Waals surface area contributed by atoms with Crippen molar-refractivity contribution in [1.82, 2.24) is 10.6 Å². The average molecular weight is 270 g/mol. The Bertz CT molecular complexity index is 341. The van der Waals surface area contributed by atoms with E-state index in [0.29, 0.717) is 13.0 Å². The largest absolute Gasteiger partial charge is 0.490 e. The number of carboxylic acid groups (broad SMARTS) is 1. The number of halogens is 3. The van der Waals surface area contributed by atoms with Crippen LogP contribution in [0.3, 0.4) is 0 Å². The van der Waals surface area contributed by atoms with Crippen molar-refractivity contribution >= 4 is 11.9 Å². The van der Waals surface area contributed by atoms with Gasteiger partial charge in [0.05, 0.1) is 6.10 Å². The van der Waals surface area contributed by atoms with E-state index in [1.165, 1.54) is 0 Å². The molecule has 2 aliphatic heterocycles. The highest BCUT2D eigenvalue weighted by Gasteiger charge is 2.47. The second-order valence-corrected chi connectivity index (χ2v) is 4.27. The molecule has 2 rings (SSSR count). The molecular formula is C9H13F3N2O4. The Morgan fingerprint density at radius 2 is 1.89 bits per heavy atom. The predicted molar refractivity (Wildman–Crippen MR) is 52.6 cm³/mol. The summed E-state index contributed by atoms with van der Waals surface area (Å²) in [6.07, 6.45) is -4.97. The van der Waals surface area contributed by atoms with Crippen LogP contribution in [0.1, 0.15) is 6.42 Å². The van der Waals surface area contributed by atoms with E-state index in [1.807, 2.05) is 0 Å². The third-order valence-electron chi connectivity index (χ3n) is 2.91. The standard InChI is InChI=1S/C7H12N2O2.C2HF3O2/c10-5-2-9-6(11)1-7(5)3-8-4-7;3-2(4,5)1(6)7/h5,8,10H,1-4H2,(H,9,11);(H,6,7). The normalized spacial score (nSPS) is 25.6. The SMILES string of the molecule is O=C(O)C(F)(F)F.O=C1CC2(CNC2)C(O)CN1. The van der Waals surface area contributed by atoms with Crippen LogP contribution in [0.15, 0.2) is 0 Å². The van der Waals surface area contributed by atoms with E-state index < -0.39 is 12.1 Å². The number of carbonyl (C=O) groups is 2. The molecule has 2 fully saturated rings. The first-order valence-electron chi connectivity index (χ1n) is 5.13. The van der Waals surface area contributed by atoms with Gasteiger partial charge in [-0.3, -0.25) is 4.79 Å². The van der Waals surface area contributed by atoms with Gasteiger partial charge in [-0.2, -0.15) is 13.2 Å². The van der Waals surface area contributed by atoms with Crippen LogP contribution < -0.4 is 10.6 Å². The molecule has 2 heterocycles. The fourth-order valence-electron chi connectivity index (χ4n) is 1.73. The Morgan fingerprint density at radius 1 is 1.39 bits per heavy atom. The van der Waals surface area contributed by atoms with Gasteiger partial charge in [-0.25, -0.2) is 4.79 Å². The zero-order valence-corrected chi connectivity index (χ0v) is 9.25. The number of aliphatic hydroxyl groups is 1. The van der Waals surface area contributed by atoms with E-state index >= 15 is 0 Å². The molecule has 1 spiro atoms. The number of rotatable bonds is 0. The third-order valence-corrected chi connectivity index (χ3v) is 2.91. The first kappa shape index (κ1) is 14.7. The van der Waals surface area contributed by atoms with Crippen molar-refractivity contribution in [3.8, 4) is 0 Å². The molecular weight excluding hydrogens is 257 g/mol. The molecule has 1 amide bonds. The Morgan fingerprint density at radius 3 is 2.17 bits per heavy atom. The number of β-amino-alcohol motifs (C(OH)–C–C–N with tert-alkyl or cyclic N) is 1. The minimum atomic E-state index is -5.08. The first-order valence-corrected chi connectivity index (χ1v) is 5.13. The number of hydrogen-bond acceptors (Lipinski definition) is 4. The summed E-state index contributed by atoms with van der Waals surface area (Å²) in [4.78, 5) is 19.9. The molecule has 2 saturated heterocycles. The third kappa shape index (κ3) is 3.33. The summed E-state index contributed by atoms with van der Waals surface area (Å²) >= 11 is 0. The predicted octanol–water partition coefficient (Wildman–Crippen LogP) is -0.910. The molecule has 0 radical (unpaired) electrons. The van der Waals surface area contributed by atoms with E-state index in [4.69, 9.17) is 9.90 Å². The fraction of sp³-hybridized carbons (Fsp3) is 0.778. The minimum absolute atomic E-state index is 0.0665. The number of carbonyl (C=O) groups excluding carboxylic acids is 1. The summed E-state index contributed by atoms with van der Waals surface area (Å²) in [5.41, 5.74) is -0.137. The van der Waals surface area contributed by atoms with Crippen molar-refractivity contribution in [2.75, 3.05) is 19.6 Å². The topological polar surface area (TPSA) is 98.7 Å². The fourth-order valence-corrected chi connectivity index (χ4v) is 1.73. The molecule has 0 saturated carbocycles. The Labute approximate surface area is 100 Å². The van der Waals surface area contributed by atoms with E-state index in [2.05, 4.69) is 10.6 Å². The number of alkyl halides is 3. The quantitative estimate of drug-likeness (QED) is 0.457. The molecule has 1 unspecified atom stereocenters. The van der Waals surface area contributed by atoms with Gasteiger partial charge in [0.2, 0.25) is 5.91 Å². The number of piperidine rings is 1. The molecule has 9 heteroatoms. The monoisotopic (exact) mass is 270 g/mol. The second kappa shape index (κ2) is 5.11. The van der Waals surface area contributed by atoms with Crippen LogP contribution in [0.4, 0.5) is 13.2 Å². The van der Waals surface area contributed by atoms with Crippen molar-refractivity contribution < 1.29 is 33.0 Å². The van der Waals surface area contributed by atoms with Crippen LogP contribution in [0.5, 0.6) is 0 Å². The zero-order chi connectivity index (χ0) is 14.0. The van der Waals surface area contributed by atoms with Gasteiger partial charge < -0.3 is 20.8 Å². The lowest BCUT2D eigenvalue weighted by Crippen LogP contribution is -2.66. The second-order valence-electron chi connectivity index (χ2n) is 4.27. The molecule has 0 aromatic carbocycles. The maximum absolute atomic E-state index is 11.0. The number of nitrogens with one attached hydrogen (secondary N) is 2. The minimum Gasteiger partial charge on any atom is -0.475 e. The van der Waals surface area contributed by atoms with Crippen LogP contribution in [0, 0.1) is 5.41 Å². The smallest absolute Gasteiger partial charge is 0.475 e. The van der Waals surface area contributed by atoms with Gasteiger partial charge in [-0.05, 0) is 0 Å². The van der Waals surface area contributed by atoms with Crippen LogP contribution in [0.25, 0.3) is 0 Å². The van der Waals surface area contributed by atoms with E-state index in [1.54, 1.807) is 0 Å². The number of hydrogen-bond donors (Lipinski definition) is 4. The Kier molecular flexibility index (Phi) is 4.17. The van der Waals surface area contributed by atoms with Crippen molar-refractivity contribution in [3.63, 3.8) is 0 Å². The molecule has 18 heavy (non-hydrogen) atoms. The molecule has 1 atom stereocenters. The van der Waals surface area contributed by atoms with Gasteiger partial charge in [-0.1, -0.05) is 0 Å². The maximum atomic E-state index is 11.0. The zero-order valence-electron chi connectivity index (χ0n) is 9.25. The summed E-state index contributed by atoms with van der Waals surface area (Å²) in [5, 5.41) is 22.4. The number of aliphatic carboxylic acids is 1. The van der Waals surface area contributed by atoms with Gasteiger partial charge >= 0.3 is 12.1 Å². The maximum Gasteiger partial charge on any atom is 0.490 e. The molecule has 4 N–H and O–H groups in total. The Balaban J connectivity index is 0.000000203. The van der Waals surface area contributed by atoms with Crippen LogP contribution in [-0.2, 0) is 9.59 Å². The van der Waals surface area contributed by atoms with Gasteiger partial charge in [0.25, 0.3) is 0 Å². The molecule has 6 nitrogen and oxygen atoms in total. The molecule has 2 aliphatic rings. The Hall–Kier alpha value is -1.35. The van der Waals surface area contributed by atoms with Gasteiger partial charge in [-0.15, -0.1) is 0 Å². The van der Waals surface area contributed by atoms with Crippen molar-refractivity contribution in [1.29, 1.82) is 0 Å². The number of aliphatic hydroxyl groups excluding tert-OH is 1. The molecule has 0 aromatic rings. The molecule has 0 aliphatic carbocycles. The summed E-state index contributed by atoms with van der Waals surface area (Å²) < 4.78 is 31.7. The van der Waals surface area contributed by atoms with Gasteiger partial charge in [0.1, 0.15) is 0 Å². The molecule has 0 aromatic heterocycles. The van der Waals surface area contributed by atoms with Crippen LogP contribution in [-0.4, -0.2) is 54.0 Å². The van der Waals surface area contributed by atoms with E-state index in [9.17, 15) is 23.1 Å². The molecule has 104 valence electrons. The molecule has 0 bridgehead atoms. The summed E-state index contributed by atoms with van der Waals surface area (Å²) in [7, 11) is 0. The highest BCUT2D eigenvalue weighted by Crippen LogP contribution is 2.33. The van der Waals surface area contributed by atoms with Crippen LogP contribution in [0.2, 0.25) is 0 Å². The summed E-state index contributed by atoms with van der Waals surface area (Å²) in [6.45, 7) is 1.98. The summed E-state index contributed by atoms with van der Waals surface area (Å²) in [6, 6.07) is 0. The lowest BCUT2D eigenvalue weighted by atomic mass is 9.71. The highest BCUT2D eigenvalue weighted by atomic mass is 19.4. The summed E-state index contributed by atoms with van der Waals surface area (Å²) in [5.74, 6) is -2.69. The highest BCUT2D eigenvalue weighted by molar-refractivity contribution is 5.78. The average Bonchev–Trinajstić information content (AvgIpc) is 2.19. The van der Waals surface area contributed by atoms with Crippen LogP contribution >= 0.6 is 0 Å². The first-order chi connectivity index (χ1) is 8.17. The lowest BCUT2D eigenvalue weighted by Gasteiger charge is -2.48. The van der Waals surface area contributed by atoms with Gasteiger partial charge in [0.15, 0.2) is 0 Å². The van der Waals surface area contributed by atoms with Gasteiger partial charge in [0, 0.05) is 31.5 Å². The number of carboxylic acids is 1.